The molecule has 1 aromatic heterocycles. The molecule has 0 radical (unpaired) electrons. The van der Waals surface area contributed by atoms with Crippen LogP contribution in [-0.2, 0) is 11.2 Å². The molecular formula is C17H26N2O4. The van der Waals surface area contributed by atoms with Crippen LogP contribution in [0.5, 0.6) is 5.88 Å². The summed E-state index contributed by atoms with van der Waals surface area (Å²) in [6, 6.07) is 0. The zero-order chi connectivity index (χ0) is 16.8. The van der Waals surface area contributed by atoms with E-state index >= 15 is 0 Å². The minimum absolute atomic E-state index is 0.132. The van der Waals surface area contributed by atoms with Gasteiger partial charge >= 0.3 is 0 Å². The van der Waals surface area contributed by atoms with Crippen molar-refractivity contribution in [2.24, 2.45) is 0 Å². The SMILES string of the molecule is C=C/C(=C\C)CCc1c(OC2CC(O)CC(CO)O2)n[nH]c1C. The van der Waals surface area contributed by atoms with Gasteiger partial charge in [-0.1, -0.05) is 24.3 Å². The van der Waals surface area contributed by atoms with Gasteiger partial charge in [-0.3, -0.25) is 5.10 Å². The summed E-state index contributed by atoms with van der Waals surface area (Å²) in [4.78, 5) is 0. The first-order valence-electron chi connectivity index (χ1n) is 7.99. The van der Waals surface area contributed by atoms with Gasteiger partial charge in [-0.25, -0.2) is 0 Å². The number of nitrogens with one attached hydrogen (secondary N) is 1. The Balaban J connectivity index is 2.04. The fraction of sp³-hybridized carbons (Fsp3) is 0.588. The Morgan fingerprint density at radius 1 is 1.52 bits per heavy atom. The van der Waals surface area contributed by atoms with Crippen molar-refractivity contribution in [3.8, 4) is 5.88 Å². The number of hydrogen-bond acceptors (Lipinski definition) is 5. The summed E-state index contributed by atoms with van der Waals surface area (Å²) in [5.74, 6) is 0.498. The predicted octanol–water partition coefficient (Wildman–Crippen LogP) is 2.02. The molecule has 3 atom stereocenters. The quantitative estimate of drug-likeness (QED) is 0.669. The normalized spacial score (nSPS) is 25.4. The maximum atomic E-state index is 9.86. The Morgan fingerprint density at radius 2 is 2.30 bits per heavy atom. The molecule has 3 N–H and O–H groups in total. The molecule has 0 spiro atoms. The van der Waals surface area contributed by atoms with E-state index in [9.17, 15) is 10.2 Å². The molecule has 1 saturated heterocycles. The highest BCUT2D eigenvalue weighted by molar-refractivity contribution is 5.31. The molecule has 2 rings (SSSR count). The first-order valence-corrected chi connectivity index (χ1v) is 7.99. The van der Waals surface area contributed by atoms with Gasteiger partial charge in [-0.2, -0.15) is 0 Å². The third-order valence-electron chi connectivity index (χ3n) is 4.12. The van der Waals surface area contributed by atoms with Crippen LogP contribution in [0.2, 0.25) is 0 Å². The number of ether oxygens (including phenoxy) is 2. The van der Waals surface area contributed by atoms with Crippen molar-refractivity contribution in [1.82, 2.24) is 10.2 Å². The maximum absolute atomic E-state index is 9.86. The van der Waals surface area contributed by atoms with E-state index in [-0.39, 0.29) is 6.61 Å². The molecule has 3 unspecified atom stereocenters. The smallest absolute Gasteiger partial charge is 0.238 e. The second-order valence-electron chi connectivity index (χ2n) is 5.81. The standard InChI is InChI=1S/C17H26N2O4/c1-4-12(5-2)6-7-15-11(3)18-19-17(15)23-16-9-13(21)8-14(10-20)22-16/h4-5,13-14,16,20-21H,1,6-10H2,2-3H3,(H,18,19)/b12-5+. The number of aryl methyl sites for hydroxylation is 1. The summed E-state index contributed by atoms with van der Waals surface area (Å²) in [6.07, 6.45) is 4.77. The van der Waals surface area contributed by atoms with E-state index in [1.807, 2.05) is 26.0 Å². The number of aliphatic hydroxyl groups excluding tert-OH is 2. The van der Waals surface area contributed by atoms with Crippen LogP contribution in [0.1, 0.15) is 37.4 Å². The Morgan fingerprint density at radius 3 is 2.96 bits per heavy atom. The lowest BCUT2D eigenvalue weighted by atomic mass is 10.0. The van der Waals surface area contributed by atoms with Crippen LogP contribution in [-0.4, -0.2) is 45.5 Å². The van der Waals surface area contributed by atoms with Crippen molar-refractivity contribution < 1.29 is 19.7 Å². The molecule has 6 heteroatoms. The van der Waals surface area contributed by atoms with E-state index in [0.717, 1.165) is 24.1 Å². The van der Waals surface area contributed by atoms with Gasteiger partial charge in [0.15, 0.2) is 0 Å². The molecule has 0 saturated carbocycles. The summed E-state index contributed by atoms with van der Waals surface area (Å²) in [7, 11) is 0. The summed E-state index contributed by atoms with van der Waals surface area (Å²) < 4.78 is 11.5. The average molecular weight is 322 g/mol. The van der Waals surface area contributed by atoms with Gasteiger partial charge in [0.05, 0.1) is 18.8 Å². The number of allylic oxidation sites excluding steroid dienone is 3. The van der Waals surface area contributed by atoms with Gasteiger partial charge in [-0.05, 0) is 26.7 Å². The predicted molar refractivity (Wildman–Crippen MR) is 87.2 cm³/mol. The lowest BCUT2D eigenvalue weighted by Gasteiger charge is -2.31. The molecule has 23 heavy (non-hydrogen) atoms. The van der Waals surface area contributed by atoms with Gasteiger partial charge in [-0.15, -0.1) is 5.10 Å². The van der Waals surface area contributed by atoms with Crippen LogP contribution in [0.25, 0.3) is 0 Å². The number of H-pyrrole nitrogens is 1. The van der Waals surface area contributed by atoms with Crippen molar-refractivity contribution >= 4 is 0 Å². The van der Waals surface area contributed by atoms with E-state index in [2.05, 4.69) is 16.8 Å². The largest absolute Gasteiger partial charge is 0.446 e. The molecule has 1 aliphatic heterocycles. The molecule has 0 amide bonds. The van der Waals surface area contributed by atoms with Crippen molar-refractivity contribution in [3.63, 3.8) is 0 Å². The minimum Gasteiger partial charge on any atom is -0.446 e. The van der Waals surface area contributed by atoms with Gasteiger partial charge in [0, 0.05) is 24.1 Å². The third-order valence-corrected chi connectivity index (χ3v) is 4.12. The van der Waals surface area contributed by atoms with E-state index in [1.54, 1.807) is 0 Å². The lowest BCUT2D eigenvalue weighted by molar-refractivity contribution is -0.186. The highest BCUT2D eigenvalue weighted by Gasteiger charge is 2.30. The highest BCUT2D eigenvalue weighted by atomic mass is 16.7. The molecule has 0 aromatic carbocycles. The molecular weight excluding hydrogens is 296 g/mol. The Kier molecular flexibility index (Phi) is 6.38. The zero-order valence-electron chi connectivity index (χ0n) is 13.8. The second kappa shape index (κ2) is 8.29. The Bertz CT molecular complexity index is 553. The topological polar surface area (TPSA) is 87.6 Å². The second-order valence-corrected chi connectivity index (χ2v) is 5.81. The summed E-state index contributed by atoms with van der Waals surface area (Å²) in [5.41, 5.74) is 3.12. The molecule has 1 aromatic rings. The first-order chi connectivity index (χ1) is 11.1. The third kappa shape index (κ3) is 4.67. The van der Waals surface area contributed by atoms with E-state index in [0.29, 0.717) is 18.7 Å². The molecule has 2 heterocycles. The molecule has 0 bridgehead atoms. The summed E-state index contributed by atoms with van der Waals surface area (Å²) in [6.45, 7) is 7.61. The highest BCUT2D eigenvalue weighted by Crippen LogP contribution is 2.27. The van der Waals surface area contributed by atoms with E-state index in [1.165, 1.54) is 5.57 Å². The van der Waals surface area contributed by atoms with Crippen LogP contribution < -0.4 is 4.74 Å². The van der Waals surface area contributed by atoms with E-state index in [4.69, 9.17) is 9.47 Å². The van der Waals surface area contributed by atoms with Crippen LogP contribution in [0.15, 0.2) is 24.3 Å². The number of hydrogen-bond donors (Lipinski definition) is 3. The maximum Gasteiger partial charge on any atom is 0.238 e. The average Bonchev–Trinajstić information content (AvgIpc) is 2.88. The Hall–Kier alpha value is -1.63. The van der Waals surface area contributed by atoms with Crippen LogP contribution in [0.3, 0.4) is 0 Å². The summed E-state index contributed by atoms with van der Waals surface area (Å²) in [5, 5.41) is 26.2. The van der Waals surface area contributed by atoms with Crippen molar-refractivity contribution in [1.29, 1.82) is 0 Å². The molecule has 0 aliphatic carbocycles. The van der Waals surface area contributed by atoms with Crippen molar-refractivity contribution in [2.45, 2.75) is 58.0 Å². The lowest BCUT2D eigenvalue weighted by Crippen LogP contribution is -2.40. The summed E-state index contributed by atoms with van der Waals surface area (Å²) >= 11 is 0. The fourth-order valence-electron chi connectivity index (χ4n) is 2.72. The van der Waals surface area contributed by atoms with Crippen LogP contribution in [0, 0.1) is 6.92 Å². The van der Waals surface area contributed by atoms with Crippen molar-refractivity contribution in [2.75, 3.05) is 6.61 Å². The van der Waals surface area contributed by atoms with Gasteiger partial charge in [0.2, 0.25) is 12.2 Å². The number of aromatic nitrogens is 2. The molecule has 1 aliphatic rings. The van der Waals surface area contributed by atoms with Crippen molar-refractivity contribution in [3.05, 3.63) is 35.6 Å². The number of nitrogens with zero attached hydrogens (tertiary/aromatic N) is 1. The fourth-order valence-corrected chi connectivity index (χ4v) is 2.72. The number of aromatic amines is 1. The van der Waals surface area contributed by atoms with E-state index < -0.39 is 18.5 Å². The zero-order valence-corrected chi connectivity index (χ0v) is 13.8. The molecule has 6 nitrogen and oxygen atoms in total. The monoisotopic (exact) mass is 322 g/mol. The minimum atomic E-state index is -0.599. The number of aliphatic hydroxyl groups is 2. The van der Waals surface area contributed by atoms with Gasteiger partial charge in [0.1, 0.15) is 0 Å². The number of rotatable bonds is 7. The first kappa shape index (κ1) is 17.7. The Labute approximate surface area is 136 Å². The molecule has 128 valence electrons. The van der Waals surface area contributed by atoms with Gasteiger partial charge in [0.25, 0.3) is 0 Å². The van der Waals surface area contributed by atoms with Crippen LogP contribution in [0.4, 0.5) is 0 Å². The molecule has 1 fully saturated rings. The van der Waals surface area contributed by atoms with Gasteiger partial charge < -0.3 is 19.7 Å². The van der Waals surface area contributed by atoms with Crippen LogP contribution >= 0.6 is 0 Å².